The molecule has 0 aliphatic heterocycles. The van der Waals surface area contributed by atoms with Gasteiger partial charge in [-0.1, -0.05) is 99.7 Å². The molecule has 0 unspecified atom stereocenters. The quantitative estimate of drug-likeness (QED) is 0.185. The summed E-state index contributed by atoms with van der Waals surface area (Å²) in [4.78, 5) is 0. The Labute approximate surface area is 248 Å². The largest absolute Gasteiger partial charge is 0.231 e. The van der Waals surface area contributed by atoms with E-state index in [1.807, 2.05) is 41.1 Å². The average Bonchev–Trinajstić information content (AvgIpc) is 3.50. The Balaban J connectivity index is 1.51. The highest BCUT2D eigenvalue weighted by atomic mass is 79.9. The average molecular weight is 645 g/mol. The monoisotopic (exact) mass is 642 g/mol. The van der Waals surface area contributed by atoms with Crippen molar-refractivity contribution in [1.82, 2.24) is 20.0 Å². The van der Waals surface area contributed by atoms with Crippen LogP contribution in [0.2, 0.25) is 15.1 Å². The fourth-order valence-corrected chi connectivity index (χ4v) is 7.13. The standard InChI is InChI=1S/C29H22BrCl3N4S/c1-2-22-25(27-34-35-28(38-27)29(14-3-15-29)18-6-10-20(31)11-7-18)36-37(24-13-12-21(32)16-23(24)33)26(22)17-4-8-19(30)9-5-17/h4-13,16H,2-3,14-15H2,1H3. The molecule has 0 saturated heterocycles. The highest BCUT2D eigenvalue weighted by Gasteiger charge is 2.43. The molecular formula is C29H22BrCl3N4S. The number of halogens is 4. The normalized spacial score (nSPS) is 14.4. The molecule has 38 heavy (non-hydrogen) atoms. The van der Waals surface area contributed by atoms with Crippen molar-refractivity contribution in [3.8, 4) is 27.6 Å². The summed E-state index contributed by atoms with van der Waals surface area (Å²) in [6.07, 6.45) is 4.02. The molecule has 1 fully saturated rings. The van der Waals surface area contributed by atoms with E-state index in [1.54, 1.807) is 17.4 Å². The third kappa shape index (κ3) is 4.50. The lowest BCUT2D eigenvalue weighted by Crippen LogP contribution is -2.35. The van der Waals surface area contributed by atoms with E-state index in [1.165, 1.54) is 5.56 Å². The Morgan fingerprint density at radius 3 is 2.26 bits per heavy atom. The van der Waals surface area contributed by atoms with E-state index in [4.69, 9.17) is 45.0 Å². The van der Waals surface area contributed by atoms with Crippen LogP contribution < -0.4 is 0 Å². The summed E-state index contributed by atoms with van der Waals surface area (Å²) in [6.45, 7) is 2.14. The molecule has 0 spiro atoms. The molecule has 4 nitrogen and oxygen atoms in total. The first-order chi connectivity index (χ1) is 18.4. The van der Waals surface area contributed by atoms with Gasteiger partial charge in [0, 0.05) is 31.1 Å². The van der Waals surface area contributed by atoms with Gasteiger partial charge in [0.1, 0.15) is 10.7 Å². The van der Waals surface area contributed by atoms with E-state index < -0.39 is 0 Å². The van der Waals surface area contributed by atoms with Crippen molar-refractivity contribution in [3.63, 3.8) is 0 Å². The molecule has 5 aromatic rings. The van der Waals surface area contributed by atoms with Crippen LogP contribution in [-0.2, 0) is 11.8 Å². The van der Waals surface area contributed by atoms with Crippen molar-refractivity contribution < 1.29 is 0 Å². The summed E-state index contributed by atoms with van der Waals surface area (Å²) in [7, 11) is 0. The number of aromatic nitrogens is 4. The SMILES string of the molecule is CCc1c(-c2nnc(C3(c4ccc(Cl)cc4)CCC3)s2)nn(-c2ccc(Cl)cc2Cl)c1-c1ccc(Br)cc1. The van der Waals surface area contributed by atoms with Gasteiger partial charge in [-0.25, -0.2) is 4.68 Å². The van der Waals surface area contributed by atoms with Gasteiger partial charge in [0.05, 0.1) is 16.4 Å². The van der Waals surface area contributed by atoms with Crippen LogP contribution in [0.5, 0.6) is 0 Å². The van der Waals surface area contributed by atoms with Crippen LogP contribution >= 0.6 is 62.1 Å². The maximum Gasteiger partial charge on any atom is 0.168 e. The molecule has 0 N–H and O–H groups in total. The minimum absolute atomic E-state index is 0.122. The molecule has 9 heteroatoms. The molecule has 0 amide bonds. The van der Waals surface area contributed by atoms with Gasteiger partial charge in [-0.2, -0.15) is 5.10 Å². The second-order valence-corrected chi connectivity index (χ2v) is 12.6. The van der Waals surface area contributed by atoms with Crippen molar-refractivity contribution in [2.24, 2.45) is 0 Å². The lowest BCUT2D eigenvalue weighted by molar-refractivity contribution is 0.299. The molecule has 3 aromatic carbocycles. The fourth-order valence-electron chi connectivity index (χ4n) is 5.13. The highest BCUT2D eigenvalue weighted by Crippen LogP contribution is 2.51. The predicted molar refractivity (Wildman–Crippen MR) is 161 cm³/mol. The van der Waals surface area contributed by atoms with E-state index in [0.717, 1.165) is 73.4 Å². The highest BCUT2D eigenvalue weighted by molar-refractivity contribution is 9.10. The van der Waals surface area contributed by atoms with Gasteiger partial charge in [0.25, 0.3) is 0 Å². The van der Waals surface area contributed by atoms with Crippen LogP contribution in [0, 0.1) is 0 Å². The first kappa shape index (κ1) is 26.0. The molecule has 2 aromatic heterocycles. The summed E-state index contributed by atoms with van der Waals surface area (Å²) in [6, 6.07) is 21.8. The van der Waals surface area contributed by atoms with Crippen molar-refractivity contribution in [2.45, 2.75) is 38.0 Å². The lowest BCUT2D eigenvalue weighted by Gasteiger charge is -2.40. The Kier molecular flexibility index (Phi) is 7.12. The zero-order chi connectivity index (χ0) is 26.4. The van der Waals surface area contributed by atoms with E-state index in [2.05, 4.69) is 52.2 Å². The Morgan fingerprint density at radius 2 is 1.63 bits per heavy atom. The summed E-state index contributed by atoms with van der Waals surface area (Å²) < 4.78 is 2.92. The molecule has 1 aliphatic rings. The van der Waals surface area contributed by atoms with Gasteiger partial charge in [0.2, 0.25) is 0 Å². The van der Waals surface area contributed by atoms with Gasteiger partial charge in [-0.15, -0.1) is 10.2 Å². The third-order valence-corrected chi connectivity index (χ3v) is 9.69. The lowest BCUT2D eigenvalue weighted by atomic mass is 9.65. The van der Waals surface area contributed by atoms with Gasteiger partial charge in [-0.05, 0) is 67.3 Å². The number of benzene rings is 3. The molecule has 6 rings (SSSR count). The van der Waals surface area contributed by atoms with Crippen molar-refractivity contribution in [3.05, 3.63) is 102 Å². The molecule has 0 bridgehead atoms. The maximum atomic E-state index is 6.68. The number of rotatable bonds is 6. The van der Waals surface area contributed by atoms with Gasteiger partial charge in [-0.3, -0.25) is 0 Å². The number of hydrogen-bond donors (Lipinski definition) is 0. The van der Waals surface area contributed by atoms with Gasteiger partial charge in [0.15, 0.2) is 5.01 Å². The topological polar surface area (TPSA) is 43.6 Å². The Hall–Kier alpha value is -2.22. The second-order valence-electron chi connectivity index (χ2n) is 9.40. The fraction of sp³-hybridized carbons (Fsp3) is 0.207. The van der Waals surface area contributed by atoms with Crippen molar-refractivity contribution in [1.29, 1.82) is 0 Å². The van der Waals surface area contributed by atoms with Crippen LogP contribution in [0.1, 0.15) is 42.3 Å². The van der Waals surface area contributed by atoms with Crippen LogP contribution in [0.3, 0.4) is 0 Å². The minimum atomic E-state index is -0.122. The van der Waals surface area contributed by atoms with Crippen LogP contribution in [0.4, 0.5) is 0 Å². The molecule has 0 radical (unpaired) electrons. The molecule has 2 heterocycles. The summed E-state index contributed by atoms with van der Waals surface area (Å²) in [5.41, 5.74) is 5.81. The Morgan fingerprint density at radius 1 is 0.921 bits per heavy atom. The van der Waals surface area contributed by atoms with Gasteiger partial charge >= 0.3 is 0 Å². The van der Waals surface area contributed by atoms with Crippen molar-refractivity contribution >= 4 is 62.1 Å². The van der Waals surface area contributed by atoms with E-state index in [-0.39, 0.29) is 5.41 Å². The second kappa shape index (κ2) is 10.4. The zero-order valence-electron chi connectivity index (χ0n) is 20.4. The molecule has 0 atom stereocenters. The maximum absolute atomic E-state index is 6.68. The summed E-state index contributed by atoms with van der Waals surface area (Å²) in [5, 5.41) is 18.2. The minimum Gasteiger partial charge on any atom is -0.231 e. The van der Waals surface area contributed by atoms with Crippen molar-refractivity contribution in [2.75, 3.05) is 0 Å². The molecular weight excluding hydrogens is 623 g/mol. The van der Waals surface area contributed by atoms with Crippen LogP contribution in [0.15, 0.2) is 71.2 Å². The molecule has 1 saturated carbocycles. The van der Waals surface area contributed by atoms with Gasteiger partial charge < -0.3 is 0 Å². The Bertz CT molecular complexity index is 1620. The molecule has 1 aliphatic carbocycles. The van der Waals surface area contributed by atoms with E-state index >= 15 is 0 Å². The smallest absolute Gasteiger partial charge is 0.168 e. The molecule has 192 valence electrons. The summed E-state index contributed by atoms with van der Waals surface area (Å²) >= 11 is 24.3. The van der Waals surface area contributed by atoms with E-state index in [0.29, 0.717) is 10.0 Å². The first-order valence-corrected chi connectivity index (χ1v) is 15.1. The summed E-state index contributed by atoms with van der Waals surface area (Å²) in [5.74, 6) is 0. The first-order valence-electron chi connectivity index (χ1n) is 12.3. The van der Waals surface area contributed by atoms with Crippen LogP contribution in [-0.4, -0.2) is 20.0 Å². The number of hydrogen-bond acceptors (Lipinski definition) is 4. The van der Waals surface area contributed by atoms with Crippen LogP contribution in [0.25, 0.3) is 27.6 Å². The number of nitrogens with zero attached hydrogens (tertiary/aromatic N) is 4. The third-order valence-electron chi connectivity index (χ3n) is 7.23. The van der Waals surface area contributed by atoms with E-state index in [9.17, 15) is 0 Å². The zero-order valence-corrected chi connectivity index (χ0v) is 25.1. The predicted octanol–water partition coefficient (Wildman–Crippen LogP) is 9.81.